The van der Waals surface area contributed by atoms with Crippen molar-refractivity contribution in [2.45, 2.75) is 32.2 Å². The fourth-order valence-corrected chi connectivity index (χ4v) is 3.39. The van der Waals surface area contributed by atoms with Gasteiger partial charge in [-0.1, -0.05) is 61.3 Å². The van der Waals surface area contributed by atoms with Crippen LogP contribution in [0.2, 0.25) is 5.02 Å². The Balaban J connectivity index is 1.67. The highest BCUT2D eigenvalue weighted by Gasteiger charge is 2.48. The van der Waals surface area contributed by atoms with Gasteiger partial charge in [-0.05, 0) is 36.6 Å². The van der Waals surface area contributed by atoms with E-state index >= 15 is 0 Å². The Bertz CT molecular complexity index is 838. The number of nitrogens with zero attached hydrogens (tertiary/aromatic N) is 1. The number of carbonyl (C=O) groups is 2. The number of amides is 3. The number of ether oxygens (including phenoxy) is 1. The van der Waals surface area contributed by atoms with Crippen molar-refractivity contribution in [3.05, 3.63) is 64.7 Å². The molecule has 5 nitrogen and oxygen atoms in total. The molecular formula is C21H23ClN2O3. The number of hydrogen-bond acceptors (Lipinski definition) is 3. The first-order chi connectivity index (χ1) is 13.0. The largest absolute Gasteiger partial charge is 0.490 e. The summed E-state index contributed by atoms with van der Waals surface area (Å²) in [5.74, 6) is 0.249. The number of nitrogens with one attached hydrogen (secondary N) is 1. The highest BCUT2D eigenvalue weighted by molar-refractivity contribution is 6.32. The van der Waals surface area contributed by atoms with Gasteiger partial charge in [-0.25, -0.2) is 4.79 Å². The molecule has 0 saturated carbocycles. The smallest absolute Gasteiger partial charge is 0.325 e. The average Bonchev–Trinajstić information content (AvgIpc) is 2.88. The van der Waals surface area contributed by atoms with E-state index in [4.69, 9.17) is 16.3 Å². The SMILES string of the molecule is CCCc1ccc(C2(C)NC(=O)N(CCOc3ccccc3Cl)C2=O)cc1. The monoisotopic (exact) mass is 386 g/mol. The van der Waals surface area contributed by atoms with E-state index in [-0.39, 0.29) is 19.1 Å². The molecule has 27 heavy (non-hydrogen) atoms. The molecule has 0 spiro atoms. The molecule has 0 aliphatic carbocycles. The molecular weight excluding hydrogens is 364 g/mol. The van der Waals surface area contributed by atoms with Crippen molar-refractivity contribution in [1.82, 2.24) is 10.2 Å². The Morgan fingerprint density at radius 2 is 1.81 bits per heavy atom. The van der Waals surface area contributed by atoms with Gasteiger partial charge >= 0.3 is 6.03 Å². The van der Waals surface area contributed by atoms with Crippen LogP contribution in [-0.4, -0.2) is 30.0 Å². The third-order valence-electron chi connectivity index (χ3n) is 4.75. The molecule has 1 aliphatic rings. The molecule has 1 saturated heterocycles. The van der Waals surface area contributed by atoms with Crippen LogP contribution in [0.4, 0.5) is 4.79 Å². The Morgan fingerprint density at radius 1 is 1.11 bits per heavy atom. The van der Waals surface area contributed by atoms with Gasteiger partial charge in [0.2, 0.25) is 0 Å². The third-order valence-corrected chi connectivity index (χ3v) is 5.07. The van der Waals surface area contributed by atoms with E-state index in [2.05, 4.69) is 12.2 Å². The maximum Gasteiger partial charge on any atom is 0.325 e. The molecule has 0 bridgehead atoms. The van der Waals surface area contributed by atoms with Crippen molar-refractivity contribution < 1.29 is 14.3 Å². The second-order valence-corrected chi connectivity index (χ2v) is 7.14. The number of carbonyl (C=O) groups excluding carboxylic acids is 2. The van der Waals surface area contributed by atoms with Crippen molar-refractivity contribution in [1.29, 1.82) is 0 Å². The van der Waals surface area contributed by atoms with Crippen LogP contribution in [0.25, 0.3) is 0 Å². The fraction of sp³-hybridized carbons (Fsp3) is 0.333. The molecule has 1 aliphatic heterocycles. The maximum atomic E-state index is 12.9. The van der Waals surface area contributed by atoms with Crippen LogP contribution in [0.15, 0.2) is 48.5 Å². The zero-order valence-electron chi connectivity index (χ0n) is 15.5. The average molecular weight is 387 g/mol. The van der Waals surface area contributed by atoms with Crippen molar-refractivity contribution in [3.8, 4) is 5.75 Å². The fourth-order valence-electron chi connectivity index (χ4n) is 3.20. The lowest BCUT2D eigenvalue weighted by Crippen LogP contribution is -2.41. The van der Waals surface area contributed by atoms with E-state index in [0.29, 0.717) is 10.8 Å². The molecule has 1 atom stereocenters. The molecule has 1 unspecified atom stereocenters. The normalized spacial score (nSPS) is 19.3. The summed E-state index contributed by atoms with van der Waals surface area (Å²) in [4.78, 5) is 26.5. The van der Waals surface area contributed by atoms with Gasteiger partial charge in [-0.3, -0.25) is 9.69 Å². The number of imide groups is 1. The first kappa shape index (κ1) is 19.2. The molecule has 6 heteroatoms. The van der Waals surface area contributed by atoms with Gasteiger partial charge in [0, 0.05) is 0 Å². The number of halogens is 1. The number of para-hydroxylation sites is 1. The molecule has 1 N–H and O–H groups in total. The minimum Gasteiger partial charge on any atom is -0.490 e. The summed E-state index contributed by atoms with van der Waals surface area (Å²) >= 11 is 6.05. The van der Waals surface area contributed by atoms with Crippen LogP contribution in [0.1, 0.15) is 31.4 Å². The van der Waals surface area contributed by atoms with Gasteiger partial charge in [0.25, 0.3) is 5.91 Å². The summed E-state index contributed by atoms with van der Waals surface area (Å²) in [6.07, 6.45) is 2.05. The molecule has 142 valence electrons. The van der Waals surface area contributed by atoms with Crippen LogP contribution in [0.5, 0.6) is 5.75 Å². The van der Waals surface area contributed by atoms with Crippen LogP contribution < -0.4 is 10.1 Å². The number of benzene rings is 2. The molecule has 1 fully saturated rings. The highest BCUT2D eigenvalue weighted by Crippen LogP contribution is 2.29. The maximum absolute atomic E-state index is 12.9. The van der Waals surface area contributed by atoms with E-state index in [1.165, 1.54) is 10.5 Å². The van der Waals surface area contributed by atoms with Crippen molar-refractivity contribution in [2.24, 2.45) is 0 Å². The molecule has 2 aromatic rings. The van der Waals surface area contributed by atoms with Gasteiger partial charge in [0.05, 0.1) is 11.6 Å². The second-order valence-electron chi connectivity index (χ2n) is 6.74. The first-order valence-electron chi connectivity index (χ1n) is 9.06. The summed E-state index contributed by atoms with van der Waals surface area (Å²) in [5, 5.41) is 3.31. The van der Waals surface area contributed by atoms with Crippen molar-refractivity contribution >= 4 is 23.5 Å². The molecule has 3 rings (SSSR count). The standard InChI is InChI=1S/C21H23ClN2O3/c1-3-6-15-9-11-16(12-10-15)21(2)19(25)24(20(26)23-21)13-14-27-18-8-5-4-7-17(18)22/h4-5,7-12H,3,6,13-14H2,1-2H3,(H,23,26). The zero-order valence-corrected chi connectivity index (χ0v) is 16.3. The van der Waals surface area contributed by atoms with Crippen molar-refractivity contribution in [2.75, 3.05) is 13.2 Å². The summed E-state index contributed by atoms with van der Waals surface area (Å²) in [5.41, 5.74) is 0.925. The summed E-state index contributed by atoms with van der Waals surface area (Å²) < 4.78 is 5.61. The molecule has 0 aromatic heterocycles. The minimum absolute atomic E-state index is 0.152. The zero-order chi connectivity index (χ0) is 19.4. The molecule has 2 aromatic carbocycles. The van der Waals surface area contributed by atoms with Crippen LogP contribution in [0.3, 0.4) is 0 Å². The number of urea groups is 1. The van der Waals surface area contributed by atoms with Crippen molar-refractivity contribution in [3.63, 3.8) is 0 Å². The van der Waals surface area contributed by atoms with E-state index in [9.17, 15) is 9.59 Å². The summed E-state index contributed by atoms with van der Waals surface area (Å²) in [6.45, 7) is 4.18. The third kappa shape index (κ3) is 3.93. The lowest BCUT2D eigenvalue weighted by atomic mass is 9.91. The molecule has 1 heterocycles. The lowest BCUT2D eigenvalue weighted by molar-refractivity contribution is -0.131. The predicted molar refractivity (Wildman–Crippen MR) is 105 cm³/mol. The van der Waals surface area contributed by atoms with Gasteiger partial charge in [0.15, 0.2) is 0 Å². The topological polar surface area (TPSA) is 58.6 Å². The first-order valence-corrected chi connectivity index (χ1v) is 9.44. The minimum atomic E-state index is -1.06. The van der Waals surface area contributed by atoms with E-state index in [1.54, 1.807) is 19.1 Å². The van der Waals surface area contributed by atoms with Gasteiger partial charge in [0.1, 0.15) is 17.9 Å². The van der Waals surface area contributed by atoms with Crippen LogP contribution >= 0.6 is 11.6 Å². The second kappa shape index (κ2) is 8.01. The van der Waals surface area contributed by atoms with E-state index < -0.39 is 11.6 Å². The summed E-state index contributed by atoms with van der Waals surface area (Å²) in [7, 11) is 0. The van der Waals surface area contributed by atoms with Crippen LogP contribution in [0, 0.1) is 0 Å². The lowest BCUT2D eigenvalue weighted by Gasteiger charge is -2.22. The molecule has 3 amide bonds. The number of hydrogen-bond donors (Lipinski definition) is 1. The Hall–Kier alpha value is -2.53. The number of aryl methyl sites for hydroxylation is 1. The van der Waals surface area contributed by atoms with Gasteiger partial charge in [-0.15, -0.1) is 0 Å². The van der Waals surface area contributed by atoms with Gasteiger partial charge < -0.3 is 10.1 Å². The summed E-state index contributed by atoms with van der Waals surface area (Å²) in [6, 6.07) is 14.5. The highest BCUT2D eigenvalue weighted by atomic mass is 35.5. The van der Waals surface area contributed by atoms with Gasteiger partial charge in [-0.2, -0.15) is 0 Å². The molecule has 0 radical (unpaired) electrons. The Labute approximate surface area is 164 Å². The van der Waals surface area contributed by atoms with E-state index in [1.807, 2.05) is 36.4 Å². The Morgan fingerprint density at radius 3 is 2.48 bits per heavy atom. The van der Waals surface area contributed by atoms with E-state index in [0.717, 1.165) is 18.4 Å². The Kier molecular flexibility index (Phi) is 5.71. The quantitative estimate of drug-likeness (QED) is 0.727. The predicted octanol–water partition coefficient (Wildman–Crippen LogP) is 4.14. The van der Waals surface area contributed by atoms with Crippen LogP contribution in [-0.2, 0) is 16.8 Å². The number of rotatable bonds is 7.